The van der Waals surface area contributed by atoms with E-state index < -0.39 is 0 Å². The lowest BCUT2D eigenvalue weighted by Gasteiger charge is -2.10. The number of ether oxygens (including phenoxy) is 1. The van der Waals surface area contributed by atoms with Crippen LogP contribution in [-0.4, -0.2) is 6.61 Å². The fraction of sp³-hybridized carbons (Fsp3) is 0.250. The molecule has 100 valence electrons. The van der Waals surface area contributed by atoms with Crippen LogP contribution in [0.5, 0.6) is 5.75 Å². The molecule has 2 N–H and O–H groups in total. The standard InChI is InChI=1S/C16H18ClNO/c1-12-10-15(18)14(17)11-16(12)19-9-5-8-13-6-3-2-4-7-13/h2-4,6-7,10-11H,5,8-9,18H2,1H3. The summed E-state index contributed by atoms with van der Waals surface area (Å²) in [7, 11) is 0. The van der Waals surface area contributed by atoms with Crippen molar-refractivity contribution in [1.29, 1.82) is 0 Å². The van der Waals surface area contributed by atoms with Crippen LogP contribution >= 0.6 is 11.6 Å². The summed E-state index contributed by atoms with van der Waals surface area (Å²) in [6.07, 6.45) is 1.99. The SMILES string of the molecule is Cc1cc(N)c(Cl)cc1OCCCc1ccccc1. The summed E-state index contributed by atoms with van der Waals surface area (Å²) in [6.45, 7) is 2.65. The van der Waals surface area contributed by atoms with Crippen molar-refractivity contribution in [2.24, 2.45) is 0 Å². The van der Waals surface area contributed by atoms with Crippen molar-refractivity contribution in [3.8, 4) is 5.75 Å². The molecule has 3 heteroatoms. The first-order valence-electron chi connectivity index (χ1n) is 6.39. The summed E-state index contributed by atoms with van der Waals surface area (Å²) < 4.78 is 5.75. The average molecular weight is 276 g/mol. The first kappa shape index (κ1) is 13.8. The molecule has 0 aliphatic heterocycles. The molecular formula is C16H18ClNO. The van der Waals surface area contributed by atoms with E-state index in [-0.39, 0.29) is 0 Å². The zero-order valence-electron chi connectivity index (χ0n) is 11.0. The number of aryl methyl sites for hydroxylation is 2. The largest absolute Gasteiger partial charge is 0.493 e. The van der Waals surface area contributed by atoms with Crippen molar-refractivity contribution in [2.75, 3.05) is 12.3 Å². The molecule has 0 atom stereocenters. The Morgan fingerprint density at radius 1 is 1.16 bits per heavy atom. The molecule has 0 amide bonds. The molecular weight excluding hydrogens is 258 g/mol. The molecule has 2 nitrogen and oxygen atoms in total. The summed E-state index contributed by atoms with van der Waals surface area (Å²) in [5.41, 5.74) is 8.67. The van der Waals surface area contributed by atoms with Crippen molar-refractivity contribution in [3.05, 3.63) is 58.6 Å². The zero-order chi connectivity index (χ0) is 13.7. The topological polar surface area (TPSA) is 35.2 Å². The number of nitrogens with two attached hydrogens (primary N) is 1. The molecule has 2 rings (SSSR count). The minimum atomic E-state index is 0.545. The van der Waals surface area contributed by atoms with E-state index >= 15 is 0 Å². The quantitative estimate of drug-likeness (QED) is 0.654. The van der Waals surface area contributed by atoms with E-state index in [4.69, 9.17) is 22.1 Å². The third-order valence-electron chi connectivity index (χ3n) is 3.00. The number of benzene rings is 2. The van der Waals surface area contributed by atoms with E-state index in [1.807, 2.05) is 19.1 Å². The second-order valence-corrected chi connectivity index (χ2v) is 4.98. The lowest BCUT2D eigenvalue weighted by Crippen LogP contribution is -2.01. The molecule has 0 spiro atoms. The van der Waals surface area contributed by atoms with Crippen molar-refractivity contribution in [1.82, 2.24) is 0 Å². The van der Waals surface area contributed by atoms with Gasteiger partial charge in [0.15, 0.2) is 0 Å². The smallest absolute Gasteiger partial charge is 0.123 e. The molecule has 2 aromatic rings. The molecule has 0 bridgehead atoms. The number of anilines is 1. The van der Waals surface area contributed by atoms with Gasteiger partial charge in [-0.3, -0.25) is 0 Å². The van der Waals surface area contributed by atoms with Gasteiger partial charge in [-0.15, -0.1) is 0 Å². The Bertz CT molecular complexity index is 540. The molecule has 0 saturated heterocycles. The van der Waals surface area contributed by atoms with Crippen LogP contribution in [0.2, 0.25) is 5.02 Å². The number of rotatable bonds is 5. The molecule has 0 fully saturated rings. The van der Waals surface area contributed by atoms with Crippen LogP contribution < -0.4 is 10.5 Å². The van der Waals surface area contributed by atoms with Crippen molar-refractivity contribution in [2.45, 2.75) is 19.8 Å². The Morgan fingerprint density at radius 2 is 1.89 bits per heavy atom. The maximum Gasteiger partial charge on any atom is 0.123 e. The van der Waals surface area contributed by atoms with Crippen molar-refractivity contribution in [3.63, 3.8) is 0 Å². The van der Waals surface area contributed by atoms with Crippen LogP contribution in [0.1, 0.15) is 17.5 Å². The normalized spacial score (nSPS) is 10.4. The van der Waals surface area contributed by atoms with Gasteiger partial charge < -0.3 is 10.5 Å². The highest BCUT2D eigenvalue weighted by Gasteiger charge is 2.04. The lowest BCUT2D eigenvalue weighted by atomic mass is 10.1. The van der Waals surface area contributed by atoms with Gasteiger partial charge >= 0.3 is 0 Å². The second kappa shape index (κ2) is 6.48. The van der Waals surface area contributed by atoms with E-state index in [0.717, 1.165) is 24.2 Å². The Morgan fingerprint density at radius 3 is 2.63 bits per heavy atom. The lowest BCUT2D eigenvalue weighted by molar-refractivity contribution is 0.309. The van der Waals surface area contributed by atoms with Gasteiger partial charge in [0.25, 0.3) is 0 Å². The Labute approximate surface area is 119 Å². The molecule has 0 aromatic heterocycles. The van der Waals surface area contributed by atoms with Crippen LogP contribution in [0, 0.1) is 6.92 Å². The predicted octanol–water partition coefficient (Wildman–Crippen LogP) is 4.24. The molecule has 0 radical (unpaired) electrons. The zero-order valence-corrected chi connectivity index (χ0v) is 11.8. The Balaban J connectivity index is 1.85. The summed E-state index contributed by atoms with van der Waals surface area (Å²) in [5, 5.41) is 0.545. The molecule has 0 aliphatic carbocycles. The Hall–Kier alpha value is -1.67. The summed E-state index contributed by atoms with van der Waals surface area (Å²) in [6, 6.07) is 14.0. The number of halogens is 1. The Kier molecular flexibility index (Phi) is 4.69. The van der Waals surface area contributed by atoms with Gasteiger partial charge in [0, 0.05) is 6.07 Å². The van der Waals surface area contributed by atoms with Gasteiger partial charge in [-0.25, -0.2) is 0 Å². The van der Waals surface area contributed by atoms with E-state index in [1.54, 1.807) is 6.07 Å². The summed E-state index contributed by atoms with van der Waals surface area (Å²) >= 11 is 5.99. The van der Waals surface area contributed by atoms with Crippen LogP contribution in [-0.2, 0) is 6.42 Å². The van der Waals surface area contributed by atoms with Crippen LogP contribution in [0.4, 0.5) is 5.69 Å². The number of hydrogen-bond donors (Lipinski definition) is 1. The predicted molar refractivity (Wildman–Crippen MR) is 80.9 cm³/mol. The van der Waals surface area contributed by atoms with Crippen LogP contribution in [0.25, 0.3) is 0 Å². The molecule has 0 heterocycles. The first-order chi connectivity index (χ1) is 9.16. The van der Waals surface area contributed by atoms with Gasteiger partial charge in [-0.05, 0) is 37.0 Å². The van der Waals surface area contributed by atoms with Crippen LogP contribution in [0.3, 0.4) is 0 Å². The van der Waals surface area contributed by atoms with Gasteiger partial charge in [-0.1, -0.05) is 41.9 Å². The van der Waals surface area contributed by atoms with Crippen LogP contribution in [0.15, 0.2) is 42.5 Å². The fourth-order valence-electron chi connectivity index (χ4n) is 1.94. The maximum atomic E-state index is 5.99. The minimum Gasteiger partial charge on any atom is -0.493 e. The van der Waals surface area contributed by atoms with Gasteiger partial charge in [0.2, 0.25) is 0 Å². The van der Waals surface area contributed by atoms with Crippen molar-refractivity contribution < 1.29 is 4.74 Å². The van der Waals surface area contributed by atoms with E-state index in [2.05, 4.69) is 24.3 Å². The number of nitrogen functional groups attached to an aromatic ring is 1. The fourth-order valence-corrected chi connectivity index (χ4v) is 2.10. The van der Waals surface area contributed by atoms with E-state index in [0.29, 0.717) is 17.3 Å². The molecule has 2 aromatic carbocycles. The van der Waals surface area contributed by atoms with Gasteiger partial charge in [0.05, 0.1) is 17.3 Å². The monoisotopic (exact) mass is 275 g/mol. The molecule has 0 unspecified atom stereocenters. The van der Waals surface area contributed by atoms with Gasteiger partial charge in [-0.2, -0.15) is 0 Å². The van der Waals surface area contributed by atoms with E-state index in [1.165, 1.54) is 5.56 Å². The van der Waals surface area contributed by atoms with E-state index in [9.17, 15) is 0 Å². The van der Waals surface area contributed by atoms with Gasteiger partial charge in [0.1, 0.15) is 5.75 Å². The number of hydrogen-bond acceptors (Lipinski definition) is 2. The molecule has 0 aliphatic rings. The van der Waals surface area contributed by atoms with Crippen molar-refractivity contribution >= 4 is 17.3 Å². The first-order valence-corrected chi connectivity index (χ1v) is 6.77. The minimum absolute atomic E-state index is 0.545. The third kappa shape index (κ3) is 3.90. The molecule has 0 saturated carbocycles. The maximum absolute atomic E-state index is 5.99. The second-order valence-electron chi connectivity index (χ2n) is 4.58. The third-order valence-corrected chi connectivity index (χ3v) is 3.33. The average Bonchev–Trinajstić information content (AvgIpc) is 2.41. The highest BCUT2D eigenvalue weighted by molar-refractivity contribution is 6.33. The summed E-state index contributed by atoms with van der Waals surface area (Å²) in [5.74, 6) is 0.812. The summed E-state index contributed by atoms with van der Waals surface area (Å²) in [4.78, 5) is 0. The molecule has 19 heavy (non-hydrogen) atoms. The highest BCUT2D eigenvalue weighted by Crippen LogP contribution is 2.28. The highest BCUT2D eigenvalue weighted by atomic mass is 35.5.